The van der Waals surface area contributed by atoms with Gasteiger partial charge in [0.05, 0.1) is 29.2 Å². The molecule has 0 atom stereocenters. The molecule has 7 heteroatoms. The van der Waals surface area contributed by atoms with Gasteiger partial charge in [-0.3, -0.25) is 4.68 Å². The van der Waals surface area contributed by atoms with Crippen LogP contribution in [0.4, 0.5) is 0 Å². The minimum absolute atomic E-state index is 0.314. The van der Waals surface area contributed by atoms with Crippen LogP contribution in [0.15, 0.2) is 18.5 Å². The molecule has 6 nitrogen and oxygen atoms in total. The van der Waals surface area contributed by atoms with E-state index in [2.05, 4.69) is 34.2 Å². The minimum Gasteiger partial charge on any atom is -0.250 e. The van der Waals surface area contributed by atoms with Crippen LogP contribution in [0.5, 0.6) is 0 Å². The van der Waals surface area contributed by atoms with Crippen molar-refractivity contribution in [2.75, 3.05) is 0 Å². The summed E-state index contributed by atoms with van der Waals surface area (Å²) in [6.07, 6.45) is 3.53. The van der Waals surface area contributed by atoms with E-state index in [1.807, 2.05) is 7.05 Å². The van der Waals surface area contributed by atoms with Crippen LogP contribution >= 0.6 is 11.6 Å². The molecule has 0 aliphatic rings. The second-order valence-electron chi connectivity index (χ2n) is 4.69. The zero-order valence-corrected chi connectivity index (χ0v) is 11.6. The molecule has 98 valence electrons. The van der Waals surface area contributed by atoms with Gasteiger partial charge in [0.1, 0.15) is 5.15 Å². The van der Waals surface area contributed by atoms with E-state index in [9.17, 15) is 0 Å². The number of hydrogen-bond donors (Lipinski definition) is 0. The highest BCUT2D eigenvalue weighted by Gasteiger charge is 2.15. The molecule has 0 aliphatic heterocycles. The molecule has 0 aliphatic carbocycles. The average Bonchev–Trinajstić information content (AvgIpc) is 2.96. The van der Waals surface area contributed by atoms with Crippen LogP contribution in [0.25, 0.3) is 16.7 Å². The number of rotatable bonds is 2. The van der Waals surface area contributed by atoms with Gasteiger partial charge in [0, 0.05) is 13.1 Å². The summed E-state index contributed by atoms with van der Waals surface area (Å²) in [4.78, 5) is 4.28. The molecule has 0 radical (unpaired) electrons. The SMILES string of the molecule is CC(C)c1cnnn1-c1cc(Cl)nc2c1cnn2C. The molecule has 0 unspecified atom stereocenters. The Morgan fingerprint density at radius 2 is 2.05 bits per heavy atom. The van der Waals surface area contributed by atoms with E-state index in [0.717, 1.165) is 22.4 Å². The lowest BCUT2D eigenvalue weighted by molar-refractivity contribution is 0.718. The fourth-order valence-corrected chi connectivity index (χ4v) is 2.25. The smallest absolute Gasteiger partial charge is 0.161 e. The zero-order chi connectivity index (χ0) is 13.6. The number of aromatic nitrogens is 6. The van der Waals surface area contributed by atoms with Crippen molar-refractivity contribution in [1.82, 2.24) is 29.8 Å². The Kier molecular flexibility index (Phi) is 2.74. The number of nitrogens with zero attached hydrogens (tertiary/aromatic N) is 6. The van der Waals surface area contributed by atoms with E-state index in [-0.39, 0.29) is 0 Å². The molecule has 0 amide bonds. The van der Waals surface area contributed by atoms with E-state index in [4.69, 9.17) is 11.6 Å². The van der Waals surface area contributed by atoms with Crippen molar-refractivity contribution >= 4 is 22.6 Å². The molecule has 0 aromatic carbocycles. The second kappa shape index (κ2) is 4.31. The summed E-state index contributed by atoms with van der Waals surface area (Å²) in [6.45, 7) is 4.19. The highest BCUT2D eigenvalue weighted by Crippen LogP contribution is 2.26. The number of halogens is 1. The zero-order valence-electron chi connectivity index (χ0n) is 10.9. The molecule has 0 spiro atoms. The van der Waals surface area contributed by atoms with Crippen LogP contribution in [0.2, 0.25) is 5.15 Å². The summed E-state index contributed by atoms with van der Waals surface area (Å²) in [5.74, 6) is 0.314. The van der Waals surface area contributed by atoms with E-state index >= 15 is 0 Å². The molecular weight excluding hydrogens is 264 g/mol. The van der Waals surface area contributed by atoms with Crippen LogP contribution in [-0.2, 0) is 7.05 Å². The van der Waals surface area contributed by atoms with Crippen molar-refractivity contribution in [2.45, 2.75) is 19.8 Å². The maximum absolute atomic E-state index is 6.09. The third-order valence-electron chi connectivity index (χ3n) is 3.05. The quantitative estimate of drug-likeness (QED) is 0.674. The van der Waals surface area contributed by atoms with E-state index in [1.165, 1.54) is 0 Å². The predicted molar refractivity (Wildman–Crippen MR) is 72.5 cm³/mol. The lowest BCUT2D eigenvalue weighted by Gasteiger charge is -2.09. The maximum Gasteiger partial charge on any atom is 0.161 e. The molecule has 3 rings (SSSR count). The molecule has 0 saturated heterocycles. The van der Waals surface area contributed by atoms with Gasteiger partial charge in [-0.15, -0.1) is 5.10 Å². The predicted octanol–water partition coefficient (Wildman–Crippen LogP) is 2.33. The Morgan fingerprint density at radius 3 is 2.79 bits per heavy atom. The molecule has 3 heterocycles. The lowest BCUT2D eigenvalue weighted by atomic mass is 10.1. The van der Waals surface area contributed by atoms with Crippen molar-refractivity contribution in [1.29, 1.82) is 0 Å². The molecule has 0 saturated carbocycles. The van der Waals surface area contributed by atoms with Gasteiger partial charge in [-0.1, -0.05) is 30.7 Å². The molecule has 3 aromatic rings. The largest absolute Gasteiger partial charge is 0.250 e. The van der Waals surface area contributed by atoms with Crippen molar-refractivity contribution in [3.8, 4) is 5.69 Å². The van der Waals surface area contributed by atoms with Crippen LogP contribution in [-0.4, -0.2) is 29.8 Å². The Bertz CT molecular complexity index is 742. The number of pyridine rings is 1. The van der Waals surface area contributed by atoms with Gasteiger partial charge in [0.15, 0.2) is 5.65 Å². The number of fused-ring (bicyclic) bond motifs is 1. The molecule has 0 fully saturated rings. The van der Waals surface area contributed by atoms with Crippen LogP contribution in [0, 0.1) is 0 Å². The van der Waals surface area contributed by atoms with Crippen molar-refractivity contribution in [3.05, 3.63) is 29.3 Å². The second-order valence-corrected chi connectivity index (χ2v) is 5.08. The first-order valence-corrected chi connectivity index (χ1v) is 6.35. The fraction of sp³-hybridized carbons (Fsp3) is 0.333. The first-order chi connectivity index (χ1) is 9.08. The Hall–Kier alpha value is -1.95. The molecule has 19 heavy (non-hydrogen) atoms. The highest BCUT2D eigenvalue weighted by molar-refractivity contribution is 6.30. The molecule has 0 N–H and O–H groups in total. The Balaban J connectivity index is 2.33. The lowest BCUT2D eigenvalue weighted by Crippen LogP contribution is -2.05. The third-order valence-corrected chi connectivity index (χ3v) is 3.24. The summed E-state index contributed by atoms with van der Waals surface area (Å²) >= 11 is 6.09. The summed E-state index contributed by atoms with van der Waals surface area (Å²) in [6, 6.07) is 1.78. The summed E-state index contributed by atoms with van der Waals surface area (Å²) < 4.78 is 3.49. The monoisotopic (exact) mass is 276 g/mol. The summed E-state index contributed by atoms with van der Waals surface area (Å²) in [5.41, 5.74) is 2.60. The Labute approximate surface area is 115 Å². The van der Waals surface area contributed by atoms with Gasteiger partial charge in [-0.25, -0.2) is 9.67 Å². The normalized spacial score (nSPS) is 11.6. The van der Waals surface area contributed by atoms with Crippen molar-refractivity contribution in [2.24, 2.45) is 7.05 Å². The average molecular weight is 277 g/mol. The van der Waals surface area contributed by atoms with Crippen LogP contribution in [0.3, 0.4) is 0 Å². The maximum atomic E-state index is 6.09. The van der Waals surface area contributed by atoms with Gasteiger partial charge >= 0.3 is 0 Å². The summed E-state index contributed by atoms with van der Waals surface area (Å²) in [5, 5.41) is 13.7. The van der Waals surface area contributed by atoms with Crippen molar-refractivity contribution < 1.29 is 0 Å². The standard InChI is InChI=1S/C12H13ClN6/c1-7(2)10-6-14-17-19(10)9-4-11(13)16-12-8(9)5-15-18(12)3/h4-7H,1-3H3. The van der Waals surface area contributed by atoms with Crippen molar-refractivity contribution in [3.63, 3.8) is 0 Å². The van der Waals surface area contributed by atoms with Gasteiger partial charge in [-0.2, -0.15) is 5.10 Å². The Morgan fingerprint density at radius 1 is 1.26 bits per heavy atom. The first-order valence-electron chi connectivity index (χ1n) is 5.97. The van der Waals surface area contributed by atoms with Gasteiger partial charge in [0.25, 0.3) is 0 Å². The third kappa shape index (κ3) is 1.88. The van der Waals surface area contributed by atoms with E-state index in [1.54, 1.807) is 27.8 Å². The molecular formula is C12H13ClN6. The van der Waals surface area contributed by atoms with Gasteiger partial charge < -0.3 is 0 Å². The first kappa shape index (κ1) is 12.1. The molecule has 3 aromatic heterocycles. The molecule has 0 bridgehead atoms. The van der Waals surface area contributed by atoms with Crippen LogP contribution < -0.4 is 0 Å². The number of hydrogen-bond acceptors (Lipinski definition) is 4. The number of aryl methyl sites for hydroxylation is 1. The minimum atomic E-state index is 0.314. The highest BCUT2D eigenvalue weighted by atomic mass is 35.5. The van der Waals surface area contributed by atoms with Crippen LogP contribution in [0.1, 0.15) is 25.5 Å². The fourth-order valence-electron chi connectivity index (χ4n) is 2.07. The topological polar surface area (TPSA) is 61.4 Å². The van der Waals surface area contributed by atoms with E-state index < -0.39 is 0 Å². The van der Waals surface area contributed by atoms with Gasteiger partial charge in [0.2, 0.25) is 0 Å². The van der Waals surface area contributed by atoms with E-state index in [0.29, 0.717) is 11.1 Å². The van der Waals surface area contributed by atoms with Gasteiger partial charge in [-0.05, 0) is 5.92 Å². The summed E-state index contributed by atoms with van der Waals surface area (Å²) in [7, 11) is 1.83.